The zero-order chi connectivity index (χ0) is 22.1. The van der Waals surface area contributed by atoms with Crippen molar-refractivity contribution in [1.29, 1.82) is 0 Å². The number of thioether (sulfide) groups is 2. The molecule has 0 unspecified atom stereocenters. The van der Waals surface area contributed by atoms with Gasteiger partial charge in [-0.2, -0.15) is 11.8 Å². The second-order valence-corrected chi connectivity index (χ2v) is 14.0. The molecular formula is C20H42IN2O2PS2. The maximum absolute atomic E-state index is 11.7. The highest BCUT2D eigenvalue weighted by Crippen LogP contribution is 2.50. The third kappa shape index (κ3) is 11.1. The number of alkyl halides is 1. The molecule has 0 saturated carbocycles. The smallest absolute Gasteiger partial charge is 0.199 e. The molecule has 0 aliphatic rings. The van der Waals surface area contributed by atoms with Gasteiger partial charge in [-0.25, -0.2) is 9.34 Å². The second kappa shape index (κ2) is 14.5. The highest BCUT2D eigenvalue weighted by atomic mass is 127. The molecule has 0 radical (unpaired) electrons. The standard InChI is InChI=1S/C20H42IN2O2PS2/c1-15(2)22(16(3)4)26(23(17(5)6)18(7)8)25-11-12-27-14-20(9,10)28-19(24)13-21/h15-18H,11-14H2,1-10H3. The summed E-state index contributed by atoms with van der Waals surface area (Å²) >= 11 is 5.50. The largest absolute Gasteiger partial charge is 0.330 e. The van der Waals surface area contributed by atoms with Crippen molar-refractivity contribution in [2.75, 3.05) is 22.5 Å². The van der Waals surface area contributed by atoms with Crippen LogP contribution in [0.15, 0.2) is 0 Å². The topological polar surface area (TPSA) is 32.8 Å². The number of rotatable bonds is 14. The Balaban J connectivity index is 4.92. The van der Waals surface area contributed by atoms with Crippen LogP contribution in [0.5, 0.6) is 0 Å². The molecule has 0 aliphatic heterocycles. The third-order valence-electron chi connectivity index (χ3n) is 3.89. The first kappa shape index (κ1) is 29.4. The van der Waals surface area contributed by atoms with Crippen molar-refractivity contribution in [2.45, 2.75) is 98.2 Å². The normalized spacial score (nSPS) is 13.4. The highest BCUT2D eigenvalue weighted by Gasteiger charge is 2.34. The summed E-state index contributed by atoms with van der Waals surface area (Å²) in [7, 11) is -0.814. The Morgan fingerprint density at radius 2 is 1.39 bits per heavy atom. The van der Waals surface area contributed by atoms with Crippen LogP contribution in [-0.4, -0.2) is 65.9 Å². The summed E-state index contributed by atoms with van der Waals surface area (Å²) < 4.78 is 12.2. The quantitative estimate of drug-likeness (QED) is 0.101. The molecule has 0 bridgehead atoms. The SMILES string of the molecule is CC(C)N(C(C)C)P(OCCSCC(C)(C)SC(=O)CI)N(C(C)C)C(C)C. The maximum Gasteiger partial charge on any atom is 0.199 e. The lowest BCUT2D eigenvalue weighted by Gasteiger charge is -2.45. The number of hydrogen-bond donors (Lipinski definition) is 0. The fourth-order valence-electron chi connectivity index (χ4n) is 3.10. The van der Waals surface area contributed by atoms with E-state index in [0.29, 0.717) is 28.6 Å². The van der Waals surface area contributed by atoms with E-state index in [0.717, 1.165) is 18.1 Å². The van der Waals surface area contributed by atoms with E-state index in [1.807, 2.05) is 11.8 Å². The molecule has 8 heteroatoms. The van der Waals surface area contributed by atoms with Gasteiger partial charge in [0, 0.05) is 40.4 Å². The number of nitrogens with zero attached hydrogens (tertiary/aromatic N) is 2. The van der Waals surface area contributed by atoms with Gasteiger partial charge in [0.2, 0.25) is 0 Å². The Morgan fingerprint density at radius 3 is 1.75 bits per heavy atom. The van der Waals surface area contributed by atoms with Crippen molar-refractivity contribution in [3.63, 3.8) is 0 Å². The van der Waals surface area contributed by atoms with E-state index in [2.05, 4.69) is 101 Å². The molecule has 28 heavy (non-hydrogen) atoms. The summed E-state index contributed by atoms with van der Waals surface area (Å²) in [4.78, 5) is 11.7. The first-order chi connectivity index (χ1) is 12.8. The third-order valence-corrected chi connectivity index (χ3v) is 10.8. The number of halogens is 1. The van der Waals surface area contributed by atoms with Crippen LogP contribution in [0.1, 0.15) is 69.2 Å². The number of carbonyl (C=O) groups is 1. The molecule has 0 heterocycles. The molecule has 0 aliphatic carbocycles. The van der Waals surface area contributed by atoms with Crippen LogP contribution in [0.4, 0.5) is 0 Å². The Hall–Kier alpha value is 1.41. The van der Waals surface area contributed by atoms with Crippen LogP contribution in [0, 0.1) is 0 Å². The second-order valence-electron chi connectivity index (χ2n) is 8.64. The fraction of sp³-hybridized carbons (Fsp3) is 0.950. The van der Waals surface area contributed by atoms with Crippen LogP contribution in [0.2, 0.25) is 0 Å². The maximum atomic E-state index is 11.7. The molecule has 0 aromatic carbocycles. The monoisotopic (exact) mass is 564 g/mol. The van der Waals surface area contributed by atoms with Gasteiger partial charge >= 0.3 is 0 Å². The van der Waals surface area contributed by atoms with Gasteiger partial charge in [0.25, 0.3) is 0 Å². The van der Waals surface area contributed by atoms with E-state index in [1.54, 1.807) is 0 Å². The van der Waals surface area contributed by atoms with Gasteiger partial charge in [0.15, 0.2) is 13.6 Å². The van der Waals surface area contributed by atoms with E-state index in [4.69, 9.17) is 4.52 Å². The van der Waals surface area contributed by atoms with Crippen LogP contribution in [0.3, 0.4) is 0 Å². The number of hydrogen-bond acceptors (Lipinski definition) is 6. The molecule has 0 spiro atoms. The van der Waals surface area contributed by atoms with Crippen molar-refractivity contribution < 1.29 is 9.32 Å². The molecule has 168 valence electrons. The van der Waals surface area contributed by atoms with Crippen molar-refractivity contribution in [3.8, 4) is 0 Å². The van der Waals surface area contributed by atoms with Gasteiger partial charge < -0.3 is 4.52 Å². The van der Waals surface area contributed by atoms with Gasteiger partial charge in [0.1, 0.15) is 0 Å². The van der Waals surface area contributed by atoms with Gasteiger partial charge in [-0.05, 0) is 69.2 Å². The fourth-order valence-corrected chi connectivity index (χ4v) is 8.02. The molecule has 0 N–H and O–H groups in total. The van der Waals surface area contributed by atoms with E-state index in [-0.39, 0.29) is 9.86 Å². The molecule has 4 nitrogen and oxygen atoms in total. The van der Waals surface area contributed by atoms with Crippen molar-refractivity contribution in [2.24, 2.45) is 0 Å². The van der Waals surface area contributed by atoms with Gasteiger partial charge in [0.05, 0.1) is 11.0 Å². The average molecular weight is 565 g/mol. The minimum absolute atomic E-state index is 0.0263. The predicted molar refractivity (Wildman–Crippen MR) is 140 cm³/mol. The average Bonchev–Trinajstić information content (AvgIpc) is 2.52. The molecule has 0 amide bonds. The molecule has 0 rings (SSSR count). The van der Waals surface area contributed by atoms with Crippen LogP contribution >= 0.6 is 54.6 Å². The summed E-state index contributed by atoms with van der Waals surface area (Å²) in [5.41, 5.74) is 0. The van der Waals surface area contributed by atoms with Crippen LogP contribution in [0.25, 0.3) is 0 Å². The minimum Gasteiger partial charge on any atom is -0.330 e. The van der Waals surface area contributed by atoms with Gasteiger partial charge in [-0.15, -0.1) is 0 Å². The van der Waals surface area contributed by atoms with E-state index in [9.17, 15) is 4.79 Å². The van der Waals surface area contributed by atoms with Gasteiger partial charge in [-0.1, -0.05) is 34.4 Å². The zero-order valence-corrected chi connectivity index (χ0v) is 24.2. The summed E-state index contributed by atoms with van der Waals surface area (Å²) in [5.74, 6) is 1.91. The van der Waals surface area contributed by atoms with E-state index < -0.39 is 8.45 Å². The summed E-state index contributed by atoms with van der Waals surface area (Å²) in [5, 5.41) is 0.264. The molecule has 0 aromatic heterocycles. The molecule has 0 fully saturated rings. The molecule has 0 saturated heterocycles. The lowest BCUT2D eigenvalue weighted by atomic mass is 10.2. The first-order valence-corrected chi connectivity index (χ1v) is 14.8. The highest BCUT2D eigenvalue weighted by molar-refractivity contribution is 14.1. The van der Waals surface area contributed by atoms with Gasteiger partial charge in [-0.3, -0.25) is 4.79 Å². The zero-order valence-electron chi connectivity index (χ0n) is 19.5. The van der Waals surface area contributed by atoms with E-state index >= 15 is 0 Å². The lowest BCUT2D eigenvalue weighted by Crippen LogP contribution is -2.43. The van der Waals surface area contributed by atoms with E-state index in [1.165, 1.54) is 11.8 Å². The summed E-state index contributed by atoms with van der Waals surface area (Å²) in [6, 6.07) is 1.75. The van der Waals surface area contributed by atoms with Crippen molar-refractivity contribution >= 4 is 59.7 Å². The summed E-state index contributed by atoms with van der Waals surface area (Å²) in [6.07, 6.45) is 0. The Kier molecular flexibility index (Phi) is 15.2. The van der Waals surface area contributed by atoms with Crippen LogP contribution < -0.4 is 0 Å². The molecular weight excluding hydrogens is 522 g/mol. The predicted octanol–water partition coefficient (Wildman–Crippen LogP) is 6.67. The minimum atomic E-state index is -0.814. The van der Waals surface area contributed by atoms with Crippen LogP contribution in [-0.2, 0) is 9.32 Å². The first-order valence-electron chi connectivity index (χ1n) is 10.2. The Morgan fingerprint density at radius 1 is 0.964 bits per heavy atom. The Bertz CT molecular complexity index is 416. The Labute approximate surface area is 198 Å². The van der Waals surface area contributed by atoms with Crippen molar-refractivity contribution in [3.05, 3.63) is 0 Å². The van der Waals surface area contributed by atoms with Crippen molar-refractivity contribution in [1.82, 2.24) is 9.34 Å². The summed E-state index contributed by atoms with van der Waals surface area (Å²) in [6.45, 7) is 23.1. The number of carbonyl (C=O) groups excluding carboxylic acids is 1. The molecule has 0 aromatic rings. The lowest BCUT2D eigenvalue weighted by molar-refractivity contribution is -0.108. The molecule has 0 atom stereocenters.